The molecule has 2 fully saturated rings. The fraction of sp³-hybridized carbons (Fsp3) is 0.394. The maximum Gasteiger partial charge on any atom is 0.242 e. The van der Waals surface area contributed by atoms with Gasteiger partial charge in [-0.25, -0.2) is 4.90 Å². The third kappa shape index (κ3) is 4.27. The van der Waals surface area contributed by atoms with Gasteiger partial charge in [0, 0.05) is 30.0 Å². The highest BCUT2D eigenvalue weighted by Crippen LogP contribution is 2.56. The van der Waals surface area contributed by atoms with Crippen molar-refractivity contribution in [2.45, 2.75) is 61.6 Å². The SMILES string of the molecule is CCc1ccc(N2C(=O)CC(c3c4c(n(C)c3SC)[C@H](SC)C[C@@H]3C(=O)N(c5ccc(CC)cc5)C(=O)[C@H]43)C2=O)cc1. The average molecular weight is 602 g/mol. The monoisotopic (exact) mass is 601 g/mol. The van der Waals surface area contributed by atoms with Crippen LogP contribution in [0.15, 0.2) is 53.6 Å². The molecular formula is C33H35N3O4S2. The molecule has 7 nitrogen and oxygen atoms in total. The van der Waals surface area contributed by atoms with Gasteiger partial charge < -0.3 is 4.57 Å². The van der Waals surface area contributed by atoms with E-state index in [2.05, 4.69) is 18.4 Å². The van der Waals surface area contributed by atoms with Crippen molar-refractivity contribution in [2.24, 2.45) is 13.0 Å². The topological polar surface area (TPSA) is 79.7 Å². The highest BCUT2D eigenvalue weighted by Gasteiger charge is 2.56. The summed E-state index contributed by atoms with van der Waals surface area (Å²) in [7, 11) is 1.97. The van der Waals surface area contributed by atoms with Gasteiger partial charge in [-0.1, -0.05) is 38.1 Å². The summed E-state index contributed by atoms with van der Waals surface area (Å²) < 4.78 is 2.10. The lowest BCUT2D eigenvalue weighted by Crippen LogP contribution is -2.31. The van der Waals surface area contributed by atoms with Crippen LogP contribution in [0.2, 0.25) is 0 Å². The Hall–Kier alpha value is -3.30. The lowest BCUT2D eigenvalue weighted by atomic mass is 9.75. The molecule has 0 spiro atoms. The summed E-state index contributed by atoms with van der Waals surface area (Å²) >= 11 is 3.18. The van der Waals surface area contributed by atoms with Crippen molar-refractivity contribution < 1.29 is 19.2 Å². The maximum absolute atomic E-state index is 14.3. The first-order chi connectivity index (χ1) is 20.2. The molecule has 3 aliphatic rings. The standard InChI is InChI=1S/C33H35N3O4S2/c1-6-18-8-12-20(13-9-18)35-25(37)17-23(30(35)38)27-28-26-22(16-24(41-4)29(28)34(3)33(27)42-5)31(39)36(32(26)40)21-14-10-19(7-2)11-15-21/h8-15,22-24,26H,6-7,16-17H2,1-5H3/t22-,23?,24+,26-/m0/s1. The van der Waals surface area contributed by atoms with Crippen LogP contribution in [0.4, 0.5) is 11.4 Å². The Bertz CT molecular complexity index is 1590. The molecule has 0 N–H and O–H groups in total. The molecule has 3 aromatic rings. The molecular weight excluding hydrogens is 567 g/mol. The van der Waals surface area contributed by atoms with E-state index in [-0.39, 0.29) is 35.3 Å². The number of imide groups is 2. The van der Waals surface area contributed by atoms with Crippen molar-refractivity contribution >= 4 is 58.5 Å². The molecule has 0 radical (unpaired) electrons. The van der Waals surface area contributed by atoms with Crippen LogP contribution in [-0.2, 0) is 39.1 Å². The van der Waals surface area contributed by atoms with Crippen LogP contribution < -0.4 is 9.80 Å². The van der Waals surface area contributed by atoms with Gasteiger partial charge in [0.15, 0.2) is 0 Å². The van der Waals surface area contributed by atoms with Gasteiger partial charge >= 0.3 is 0 Å². The minimum atomic E-state index is -0.720. The fourth-order valence-electron chi connectivity index (χ4n) is 7.01. The van der Waals surface area contributed by atoms with Gasteiger partial charge in [0.25, 0.3) is 0 Å². The molecule has 2 aromatic carbocycles. The Kier molecular flexibility index (Phi) is 7.60. The van der Waals surface area contributed by atoms with Crippen LogP contribution in [0, 0.1) is 5.92 Å². The Balaban J connectivity index is 1.47. The highest BCUT2D eigenvalue weighted by atomic mass is 32.2. The summed E-state index contributed by atoms with van der Waals surface area (Å²) in [4.78, 5) is 58.3. The van der Waals surface area contributed by atoms with Crippen LogP contribution in [0.1, 0.15) is 71.7 Å². The zero-order valence-corrected chi connectivity index (χ0v) is 26.2. The van der Waals surface area contributed by atoms with Gasteiger partial charge in [-0.3, -0.25) is 24.1 Å². The summed E-state index contributed by atoms with van der Waals surface area (Å²) in [6.45, 7) is 4.13. The number of hydrogen-bond donors (Lipinski definition) is 0. The van der Waals surface area contributed by atoms with Crippen molar-refractivity contribution in [3.05, 3.63) is 76.5 Å². The Morgan fingerprint density at radius 1 is 0.762 bits per heavy atom. The predicted molar refractivity (Wildman–Crippen MR) is 168 cm³/mol. The number of benzene rings is 2. The van der Waals surface area contributed by atoms with E-state index in [0.29, 0.717) is 17.8 Å². The van der Waals surface area contributed by atoms with Crippen molar-refractivity contribution in [2.75, 3.05) is 22.3 Å². The minimum absolute atomic E-state index is 0.0186. The average Bonchev–Trinajstić information content (AvgIpc) is 3.57. The first-order valence-electron chi connectivity index (χ1n) is 14.5. The van der Waals surface area contributed by atoms with E-state index in [1.54, 1.807) is 11.8 Å². The number of hydrogen-bond acceptors (Lipinski definition) is 6. The van der Waals surface area contributed by atoms with Crippen LogP contribution >= 0.6 is 23.5 Å². The van der Waals surface area contributed by atoms with Crippen molar-refractivity contribution in [3.63, 3.8) is 0 Å². The fourth-order valence-corrected chi connectivity index (χ4v) is 8.76. The molecule has 42 heavy (non-hydrogen) atoms. The van der Waals surface area contributed by atoms with Crippen molar-refractivity contribution in [3.8, 4) is 0 Å². The normalized spacial score (nSPS) is 23.6. The maximum atomic E-state index is 14.3. The molecule has 4 atom stereocenters. The molecule has 6 rings (SSSR count). The second kappa shape index (κ2) is 11.1. The summed E-state index contributed by atoms with van der Waals surface area (Å²) in [5.41, 5.74) is 5.90. The zero-order chi connectivity index (χ0) is 29.9. The number of carbonyl (C=O) groups excluding carboxylic acids is 4. The van der Waals surface area contributed by atoms with Crippen LogP contribution in [0.3, 0.4) is 0 Å². The lowest BCUT2D eigenvalue weighted by Gasteiger charge is -2.30. The summed E-state index contributed by atoms with van der Waals surface area (Å²) in [5.74, 6) is -2.90. The molecule has 0 bridgehead atoms. The molecule has 218 valence electrons. The Morgan fingerprint density at radius 2 is 1.33 bits per heavy atom. The Morgan fingerprint density at radius 3 is 1.86 bits per heavy atom. The number of aromatic nitrogens is 1. The van der Waals surface area contributed by atoms with Gasteiger partial charge in [-0.05, 0) is 72.7 Å². The molecule has 9 heteroatoms. The quantitative estimate of drug-likeness (QED) is 0.244. The number of carbonyl (C=O) groups is 4. The third-order valence-electron chi connectivity index (χ3n) is 9.15. The third-order valence-corrected chi connectivity index (χ3v) is 11.0. The lowest BCUT2D eigenvalue weighted by molar-refractivity contribution is -0.123. The van der Waals surface area contributed by atoms with Gasteiger partial charge in [-0.15, -0.1) is 11.8 Å². The van der Waals surface area contributed by atoms with Crippen LogP contribution in [0.5, 0.6) is 0 Å². The minimum Gasteiger partial charge on any atom is -0.341 e. The molecule has 1 aliphatic carbocycles. The smallest absolute Gasteiger partial charge is 0.242 e. The van der Waals surface area contributed by atoms with Gasteiger partial charge in [-0.2, -0.15) is 11.8 Å². The predicted octanol–water partition coefficient (Wildman–Crippen LogP) is 6.00. The second-order valence-electron chi connectivity index (χ2n) is 11.2. The molecule has 4 amide bonds. The Labute approximate surface area is 255 Å². The summed E-state index contributed by atoms with van der Waals surface area (Å²) in [6.07, 6.45) is 6.29. The molecule has 2 aliphatic heterocycles. The number of thioether (sulfide) groups is 2. The first kappa shape index (κ1) is 28.8. The number of anilines is 2. The van der Waals surface area contributed by atoms with Crippen LogP contribution in [0.25, 0.3) is 0 Å². The molecule has 0 saturated carbocycles. The van der Waals surface area contributed by atoms with Gasteiger partial charge in [0.2, 0.25) is 23.6 Å². The van der Waals surface area contributed by atoms with Crippen molar-refractivity contribution in [1.82, 2.24) is 4.57 Å². The van der Waals surface area contributed by atoms with Crippen molar-refractivity contribution in [1.29, 1.82) is 0 Å². The van der Waals surface area contributed by atoms with E-state index in [1.807, 2.05) is 68.1 Å². The van der Waals surface area contributed by atoms with Gasteiger partial charge in [0.1, 0.15) is 0 Å². The number of amides is 4. The van der Waals surface area contributed by atoms with Crippen LogP contribution in [-0.4, -0.2) is 40.7 Å². The first-order valence-corrected chi connectivity index (χ1v) is 17.0. The zero-order valence-electron chi connectivity index (χ0n) is 24.5. The van der Waals surface area contributed by atoms with E-state index in [4.69, 9.17) is 0 Å². The van der Waals surface area contributed by atoms with E-state index in [0.717, 1.165) is 45.8 Å². The molecule has 1 unspecified atom stereocenters. The number of fused-ring (bicyclic) bond motifs is 3. The highest BCUT2D eigenvalue weighted by molar-refractivity contribution is 7.99. The summed E-state index contributed by atoms with van der Waals surface area (Å²) in [6, 6.07) is 15.1. The summed E-state index contributed by atoms with van der Waals surface area (Å²) in [5, 5.41) is 0.856. The largest absolute Gasteiger partial charge is 0.341 e. The molecule has 3 heterocycles. The van der Waals surface area contributed by atoms with E-state index < -0.39 is 17.8 Å². The molecule has 1 aromatic heterocycles. The van der Waals surface area contributed by atoms with Gasteiger partial charge in [0.05, 0.1) is 34.2 Å². The number of rotatable bonds is 7. The number of nitrogens with zero attached hydrogens (tertiary/aromatic N) is 3. The number of aryl methyl sites for hydroxylation is 2. The van der Waals surface area contributed by atoms with E-state index in [1.165, 1.54) is 21.6 Å². The molecule has 2 saturated heterocycles. The van der Waals surface area contributed by atoms with E-state index in [9.17, 15) is 19.2 Å². The van der Waals surface area contributed by atoms with E-state index >= 15 is 0 Å². The second-order valence-corrected chi connectivity index (χ2v) is 13.0.